The summed E-state index contributed by atoms with van der Waals surface area (Å²) in [5, 5.41) is 3.35. The summed E-state index contributed by atoms with van der Waals surface area (Å²) in [6.07, 6.45) is 6.42. The first-order chi connectivity index (χ1) is 8.24. The van der Waals surface area contributed by atoms with Gasteiger partial charge in [-0.05, 0) is 36.7 Å². The topological polar surface area (TPSA) is 12.0 Å². The lowest BCUT2D eigenvalue weighted by Crippen LogP contribution is -2.15. The van der Waals surface area contributed by atoms with Gasteiger partial charge in [0.2, 0.25) is 0 Å². The highest BCUT2D eigenvalue weighted by molar-refractivity contribution is 9.10. The van der Waals surface area contributed by atoms with Gasteiger partial charge in [0.1, 0.15) is 5.82 Å². The summed E-state index contributed by atoms with van der Waals surface area (Å²) in [5.41, 5.74) is 0.985. The largest absolute Gasteiger partial charge is 0.313 e. The fourth-order valence-electron chi connectivity index (χ4n) is 1.76. The van der Waals surface area contributed by atoms with E-state index >= 15 is 0 Å². The Morgan fingerprint density at radius 1 is 1.18 bits per heavy atom. The first kappa shape index (κ1) is 14.7. The van der Waals surface area contributed by atoms with Gasteiger partial charge in [-0.2, -0.15) is 0 Å². The van der Waals surface area contributed by atoms with E-state index in [4.69, 9.17) is 0 Å². The van der Waals surface area contributed by atoms with Crippen LogP contribution >= 0.6 is 15.9 Å². The van der Waals surface area contributed by atoms with E-state index in [2.05, 4.69) is 28.2 Å². The van der Waals surface area contributed by atoms with Crippen LogP contribution in [0.1, 0.15) is 44.6 Å². The molecule has 0 bridgehead atoms. The van der Waals surface area contributed by atoms with Crippen LogP contribution in [0.4, 0.5) is 4.39 Å². The Labute approximate surface area is 112 Å². The zero-order valence-electron chi connectivity index (χ0n) is 10.4. The fourth-order valence-corrected chi connectivity index (χ4v) is 2.14. The van der Waals surface area contributed by atoms with Crippen LogP contribution < -0.4 is 5.32 Å². The lowest BCUT2D eigenvalue weighted by molar-refractivity contribution is 0.579. The molecule has 3 heteroatoms. The van der Waals surface area contributed by atoms with E-state index in [1.807, 2.05) is 0 Å². The minimum atomic E-state index is -0.173. The van der Waals surface area contributed by atoms with Crippen molar-refractivity contribution in [2.24, 2.45) is 0 Å². The van der Waals surface area contributed by atoms with Crippen LogP contribution in [0.3, 0.4) is 0 Å². The van der Waals surface area contributed by atoms with Crippen LogP contribution in [0.5, 0.6) is 0 Å². The van der Waals surface area contributed by atoms with Crippen molar-refractivity contribution < 1.29 is 4.39 Å². The summed E-state index contributed by atoms with van der Waals surface area (Å²) in [6, 6.07) is 4.81. The molecule has 0 saturated heterocycles. The number of hydrogen-bond acceptors (Lipinski definition) is 1. The smallest absolute Gasteiger partial charge is 0.123 e. The monoisotopic (exact) mass is 301 g/mol. The van der Waals surface area contributed by atoms with Gasteiger partial charge in [-0.15, -0.1) is 0 Å². The van der Waals surface area contributed by atoms with Crippen LogP contribution in [0, 0.1) is 5.82 Å². The number of hydrogen-bond donors (Lipinski definition) is 1. The molecule has 0 saturated carbocycles. The first-order valence-electron chi connectivity index (χ1n) is 6.38. The average molecular weight is 302 g/mol. The van der Waals surface area contributed by atoms with Gasteiger partial charge in [0.25, 0.3) is 0 Å². The summed E-state index contributed by atoms with van der Waals surface area (Å²) >= 11 is 3.43. The fraction of sp³-hybridized carbons (Fsp3) is 0.571. The van der Waals surface area contributed by atoms with Crippen molar-refractivity contribution in [3.05, 3.63) is 34.1 Å². The number of unbranched alkanes of at least 4 members (excludes halogenated alkanes) is 4. The van der Waals surface area contributed by atoms with Gasteiger partial charge in [0.05, 0.1) is 0 Å². The highest BCUT2D eigenvalue weighted by Gasteiger charge is 2.00. The molecule has 0 spiro atoms. The van der Waals surface area contributed by atoms with Crippen molar-refractivity contribution in [2.45, 2.75) is 45.6 Å². The maximum atomic E-state index is 13.0. The molecular formula is C14H21BrFN. The van der Waals surface area contributed by atoms with Gasteiger partial charge >= 0.3 is 0 Å². The Kier molecular flexibility index (Phi) is 7.45. The summed E-state index contributed by atoms with van der Waals surface area (Å²) < 4.78 is 14.0. The molecule has 17 heavy (non-hydrogen) atoms. The number of halogens is 2. The zero-order chi connectivity index (χ0) is 12.5. The van der Waals surface area contributed by atoms with Crippen LogP contribution in [0.15, 0.2) is 22.7 Å². The van der Waals surface area contributed by atoms with E-state index in [1.165, 1.54) is 38.2 Å². The lowest BCUT2D eigenvalue weighted by atomic mass is 10.1. The maximum absolute atomic E-state index is 13.0. The Balaban J connectivity index is 2.15. The molecular weight excluding hydrogens is 281 g/mol. The van der Waals surface area contributed by atoms with E-state index in [0.29, 0.717) is 0 Å². The molecule has 1 N–H and O–H groups in total. The molecule has 1 rings (SSSR count). The molecule has 0 fully saturated rings. The van der Waals surface area contributed by atoms with Gasteiger partial charge in [-0.25, -0.2) is 4.39 Å². The van der Waals surface area contributed by atoms with Crippen molar-refractivity contribution in [3.8, 4) is 0 Å². The van der Waals surface area contributed by atoms with Crippen LogP contribution in [-0.2, 0) is 6.54 Å². The lowest BCUT2D eigenvalue weighted by Gasteiger charge is -2.07. The summed E-state index contributed by atoms with van der Waals surface area (Å²) in [6.45, 7) is 3.96. The third-order valence-electron chi connectivity index (χ3n) is 2.78. The molecule has 0 heterocycles. The first-order valence-corrected chi connectivity index (χ1v) is 7.18. The van der Waals surface area contributed by atoms with Gasteiger partial charge in [0.15, 0.2) is 0 Å². The molecule has 0 aromatic heterocycles. The van der Waals surface area contributed by atoms with Crippen LogP contribution in [0.25, 0.3) is 0 Å². The van der Waals surface area contributed by atoms with E-state index in [1.54, 1.807) is 12.1 Å². The van der Waals surface area contributed by atoms with Crippen molar-refractivity contribution in [3.63, 3.8) is 0 Å². The summed E-state index contributed by atoms with van der Waals surface area (Å²) in [4.78, 5) is 0. The molecule has 0 radical (unpaired) electrons. The molecule has 0 unspecified atom stereocenters. The van der Waals surface area contributed by atoms with Crippen molar-refractivity contribution in [2.75, 3.05) is 6.54 Å². The third kappa shape index (κ3) is 6.18. The van der Waals surface area contributed by atoms with Gasteiger partial charge in [-0.1, -0.05) is 48.5 Å². The minimum absolute atomic E-state index is 0.173. The van der Waals surface area contributed by atoms with E-state index in [0.717, 1.165) is 23.1 Å². The molecule has 96 valence electrons. The van der Waals surface area contributed by atoms with Crippen LogP contribution in [0.2, 0.25) is 0 Å². The highest BCUT2D eigenvalue weighted by Crippen LogP contribution is 2.17. The predicted molar refractivity (Wildman–Crippen MR) is 74.6 cm³/mol. The van der Waals surface area contributed by atoms with Crippen molar-refractivity contribution in [1.82, 2.24) is 5.32 Å². The van der Waals surface area contributed by atoms with Crippen molar-refractivity contribution in [1.29, 1.82) is 0 Å². The molecule has 0 aliphatic rings. The molecule has 1 aromatic carbocycles. The normalized spacial score (nSPS) is 10.8. The van der Waals surface area contributed by atoms with E-state index in [9.17, 15) is 4.39 Å². The number of benzene rings is 1. The summed E-state index contributed by atoms with van der Waals surface area (Å²) in [7, 11) is 0. The molecule has 1 nitrogen and oxygen atoms in total. The Morgan fingerprint density at radius 3 is 2.71 bits per heavy atom. The van der Waals surface area contributed by atoms with Gasteiger partial charge < -0.3 is 5.32 Å². The van der Waals surface area contributed by atoms with Crippen LogP contribution in [-0.4, -0.2) is 6.54 Å². The molecule has 1 aromatic rings. The molecule has 0 atom stereocenters. The van der Waals surface area contributed by atoms with Crippen molar-refractivity contribution >= 4 is 15.9 Å². The van der Waals surface area contributed by atoms with Gasteiger partial charge in [0, 0.05) is 11.0 Å². The Hall–Kier alpha value is -0.410. The molecule has 0 amide bonds. The molecule has 0 aliphatic heterocycles. The minimum Gasteiger partial charge on any atom is -0.313 e. The molecule has 0 aliphatic carbocycles. The number of rotatable bonds is 8. The Morgan fingerprint density at radius 2 is 1.94 bits per heavy atom. The second-order valence-electron chi connectivity index (χ2n) is 4.33. The summed E-state index contributed by atoms with van der Waals surface area (Å²) in [5.74, 6) is -0.173. The predicted octanol–water partition coefficient (Wildman–Crippen LogP) is 4.65. The quantitative estimate of drug-likeness (QED) is 0.689. The zero-order valence-corrected chi connectivity index (χ0v) is 12.0. The second-order valence-corrected chi connectivity index (χ2v) is 5.18. The SMILES string of the molecule is CCCCCCCNCc1cc(F)ccc1Br. The van der Waals surface area contributed by atoms with E-state index in [-0.39, 0.29) is 5.82 Å². The second kappa shape index (κ2) is 8.65. The number of nitrogens with one attached hydrogen (secondary N) is 1. The van der Waals surface area contributed by atoms with E-state index < -0.39 is 0 Å². The maximum Gasteiger partial charge on any atom is 0.123 e. The average Bonchev–Trinajstić information content (AvgIpc) is 2.32. The van der Waals surface area contributed by atoms with Gasteiger partial charge in [-0.3, -0.25) is 0 Å². The Bertz CT molecular complexity index is 328. The third-order valence-corrected chi connectivity index (χ3v) is 3.55. The highest BCUT2D eigenvalue weighted by atomic mass is 79.9. The standard InChI is InChI=1S/C14H21BrFN/c1-2-3-4-5-6-9-17-11-12-10-13(16)7-8-14(12)15/h7-8,10,17H,2-6,9,11H2,1H3.